The van der Waals surface area contributed by atoms with Gasteiger partial charge in [0.05, 0.1) is 17.2 Å². The highest BCUT2D eigenvalue weighted by molar-refractivity contribution is 7.09. The van der Waals surface area contributed by atoms with E-state index in [1.165, 1.54) is 16.2 Å². The molecular formula is C15H21N3O2S. The van der Waals surface area contributed by atoms with Crippen LogP contribution in [0.25, 0.3) is 0 Å². The molecule has 1 saturated heterocycles. The molecule has 1 aromatic rings. The van der Waals surface area contributed by atoms with Crippen LogP contribution >= 0.6 is 11.3 Å². The molecule has 1 saturated carbocycles. The maximum atomic E-state index is 12.9. The van der Waals surface area contributed by atoms with Crippen molar-refractivity contribution >= 4 is 23.3 Å². The van der Waals surface area contributed by atoms with E-state index in [4.69, 9.17) is 0 Å². The van der Waals surface area contributed by atoms with E-state index < -0.39 is 5.54 Å². The predicted molar refractivity (Wildman–Crippen MR) is 80.8 cm³/mol. The number of urea groups is 1. The summed E-state index contributed by atoms with van der Waals surface area (Å²) in [4.78, 5) is 31.0. The number of aryl methyl sites for hydroxylation is 1. The van der Waals surface area contributed by atoms with Gasteiger partial charge in [-0.2, -0.15) is 0 Å². The van der Waals surface area contributed by atoms with E-state index in [-0.39, 0.29) is 30.3 Å². The number of aromatic nitrogens is 1. The molecule has 1 aliphatic heterocycles. The minimum absolute atomic E-state index is 0.0714. The lowest BCUT2D eigenvalue weighted by atomic mass is 9.67. The van der Waals surface area contributed by atoms with Crippen molar-refractivity contribution in [3.63, 3.8) is 0 Å². The molecule has 3 rings (SSSR count). The van der Waals surface area contributed by atoms with Crippen LogP contribution in [0.15, 0.2) is 5.38 Å². The van der Waals surface area contributed by atoms with Gasteiger partial charge < -0.3 is 5.32 Å². The van der Waals surface area contributed by atoms with Crippen molar-refractivity contribution in [2.24, 2.45) is 11.8 Å². The zero-order chi connectivity index (χ0) is 15.2. The topological polar surface area (TPSA) is 62.3 Å². The van der Waals surface area contributed by atoms with Gasteiger partial charge in [-0.3, -0.25) is 9.69 Å². The number of carbonyl (C=O) groups is 2. The minimum Gasteiger partial charge on any atom is -0.323 e. The fraction of sp³-hybridized carbons (Fsp3) is 0.667. The van der Waals surface area contributed by atoms with E-state index in [0.717, 1.165) is 30.0 Å². The van der Waals surface area contributed by atoms with Gasteiger partial charge in [0.2, 0.25) is 0 Å². The van der Waals surface area contributed by atoms with Crippen LogP contribution in [-0.2, 0) is 11.3 Å². The average molecular weight is 307 g/mol. The minimum atomic E-state index is -0.708. The van der Waals surface area contributed by atoms with Crippen LogP contribution in [0.5, 0.6) is 0 Å². The average Bonchev–Trinajstić information content (AvgIpc) is 2.94. The first-order valence-electron chi connectivity index (χ1n) is 7.50. The highest BCUT2D eigenvalue weighted by atomic mass is 32.1. The number of hydrogen-bond donors (Lipinski definition) is 1. The first-order valence-corrected chi connectivity index (χ1v) is 8.38. The lowest BCUT2D eigenvalue weighted by Gasteiger charge is -2.42. The van der Waals surface area contributed by atoms with Crippen molar-refractivity contribution in [1.82, 2.24) is 15.2 Å². The van der Waals surface area contributed by atoms with Gasteiger partial charge in [0.25, 0.3) is 5.91 Å². The Morgan fingerprint density at radius 2 is 2.05 bits per heavy atom. The van der Waals surface area contributed by atoms with Crippen LogP contribution in [-0.4, -0.2) is 27.4 Å². The highest BCUT2D eigenvalue weighted by Gasteiger charge is 2.58. The Morgan fingerprint density at radius 3 is 2.62 bits per heavy atom. The van der Waals surface area contributed by atoms with Crippen LogP contribution in [0, 0.1) is 18.8 Å². The third-order valence-corrected chi connectivity index (χ3v) is 5.80. The number of carbonyl (C=O) groups excluding carboxylic acids is 2. The zero-order valence-electron chi connectivity index (χ0n) is 12.7. The van der Waals surface area contributed by atoms with Crippen molar-refractivity contribution in [3.05, 3.63) is 16.1 Å². The highest BCUT2D eigenvalue weighted by Crippen LogP contribution is 2.42. The van der Waals surface area contributed by atoms with Crippen molar-refractivity contribution in [3.8, 4) is 0 Å². The van der Waals surface area contributed by atoms with E-state index in [1.54, 1.807) is 0 Å². The molecule has 3 amide bonds. The van der Waals surface area contributed by atoms with Crippen molar-refractivity contribution in [2.75, 3.05) is 0 Å². The Bertz CT molecular complexity index is 573. The molecular weight excluding hydrogens is 286 g/mol. The normalized spacial score (nSPS) is 28.2. The maximum absolute atomic E-state index is 12.9. The van der Waals surface area contributed by atoms with E-state index in [1.807, 2.05) is 12.3 Å². The van der Waals surface area contributed by atoms with Gasteiger partial charge in [-0.1, -0.05) is 20.3 Å². The predicted octanol–water partition coefficient (Wildman–Crippen LogP) is 2.70. The van der Waals surface area contributed by atoms with E-state index in [9.17, 15) is 9.59 Å². The molecule has 0 bridgehead atoms. The standard InChI is InChI=1S/C15H21N3O2S/c1-9-5-4-6-10(2)15(9)13(19)18(14(20)17-15)7-12-8-21-11(3)16-12/h8-10H,4-7H2,1-3H3,(H,17,20)/t9-,10-/m0/s1. The Balaban J connectivity index is 1.87. The molecule has 1 spiro atoms. The van der Waals surface area contributed by atoms with Gasteiger partial charge in [0.1, 0.15) is 5.54 Å². The number of thiazole rings is 1. The Kier molecular flexibility index (Phi) is 3.51. The van der Waals surface area contributed by atoms with Crippen LogP contribution < -0.4 is 5.32 Å². The molecule has 21 heavy (non-hydrogen) atoms. The molecule has 1 aliphatic carbocycles. The summed E-state index contributed by atoms with van der Waals surface area (Å²) in [5, 5.41) is 5.87. The quantitative estimate of drug-likeness (QED) is 0.855. The summed E-state index contributed by atoms with van der Waals surface area (Å²) in [6, 6.07) is -0.272. The summed E-state index contributed by atoms with van der Waals surface area (Å²) in [7, 11) is 0. The van der Waals surface area contributed by atoms with Crippen molar-refractivity contribution in [2.45, 2.75) is 52.1 Å². The Hall–Kier alpha value is -1.43. The molecule has 0 radical (unpaired) electrons. The molecule has 1 aromatic heterocycles. The van der Waals surface area contributed by atoms with Gasteiger partial charge >= 0.3 is 6.03 Å². The molecule has 2 atom stereocenters. The van der Waals surface area contributed by atoms with E-state index >= 15 is 0 Å². The summed E-state index contributed by atoms with van der Waals surface area (Å²) < 4.78 is 0. The number of rotatable bonds is 2. The number of amides is 3. The lowest BCUT2D eigenvalue weighted by Crippen LogP contribution is -2.58. The first kappa shape index (κ1) is 14.5. The smallest absolute Gasteiger partial charge is 0.323 e. The SMILES string of the molecule is Cc1nc(CN2C(=O)NC3(C2=O)[C@@H](C)CCC[C@@H]3C)cs1. The number of imide groups is 1. The largest absolute Gasteiger partial charge is 0.325 e. The zero-order valence-corrected chi connectivity index (χ0v) is 13.5. The number of hydrogen-bond acceptors (Lipinski definition) is 4. The van der Waals surface area contributed by atoms with Gasteiger partial charge in [0, 0.05) is 5.38 Å². The Labute approximate surface area is 128 Å². The second-order valence-electron chi connectivity index (χ2n) is 6.28. The van der Waals surface area contributed by atoms with E-state index in [0.29, 0.717) is 0 Å². The number of nitrogens with zero attached hydrogens (tertiary/aromatic N) is 2. The third kappa shape index (κ3) is 2.16. The van der Waals surface area contributed by atoms with Crippen molar-refractivity contribution in [1.29, 1.82) is 0 Å². The van der Waals surface area contributed by atoms with Gasteiger partial charge in [-0.05, 0) is 31.6 Å². The molecule has 5 nitrogen and oxygen atoms in total. The van der Waals surface area contributed by atoms with Crippen LogP contribution in [0.1, 0.15) is 43.8 Å². The molecule has 0 aromatic carbocycles. The first-order chi connectivity index (χ1) is 9.95. The van der Waals surface area contributed by atoms with E-state index in [2.05, 4.69) is 24.1 Å². The second-order valence-corrected chi connectivity index (χ2v) is 7.34. The van der Waals surface area contributed by atoms with Crippen LogP contribution in [0.2, 0.25) is 0 Å². The summed E-state index contributed by atoms with van der Waals surface area (Å²) in [6.45, 7) is 6.34. The summed E-state index contributed by atoms with van der Waals surface area (Å²) in [6.07, 6.45) is 3.10. The molecule has 2 fully saturated rings. The summed E-state index contributed by atoms with van der Waals surface area (Å²) >= 11 is 1.54. The van der Waals surface area contributed by atoms with Crippen molar-refractivity contribution < 1.29 is 9.59 Å². The fourth-order valence-corrected chi connectivity index (χ4v) is 4.34. The fourth-order valence-electron chi connectivity index (χ4n) is 3.74. The lowest BCUT2D eigenvalue weighted by molar-refractivity contribution is -0.137. The molecule has 114 valence electrons. The molecule has 2 aliphatic rings. The van der Waals surface area contributed by atoms with Gasteiger partial charge in [0.15, 0.2) is 0 Å². The maximum Gasteiger partial charge on any atom is 0.325 e. The van der Waals surface area contributed by atoms with Gasteiger partial charge in [-0.15, -0.1) is 11.3 Å². The summed E-state index contributed by atoms with van der Waals surface area (Å²) in [5.41, 5.74) is 0.0783. The second kappa shape index (κ2) is 5.09. The monoisotopic (exact) mass is 307 g/mol. The molecule has 0 unspecified atom stereocenters. The van der Waals surface area contributed by atoms with Gasteiger partial charge in [-0.25, -0.2) is 9.78 Å². The molecule has 1 N–H and O–H groups in total. The van der Waals surface area contributed by atoms with Crippen LogP contribution in [0.4, 0.5) is 4.79 Å². The Morgan fingerprint density at radius 1 is 1.38 bits per heavy atom. The number of nitrogens with one attached hydrogen (secondary N) is 1. The third-order valence-electron chi connectivity index (χ3n) is 4.97. The molecule has 2 heterocycles. The molecule has 6 heteroatoms. The van der Waals surface area contributed by atoms with Crippen LogP contribution in [0.3, 0.4) is 0 Å². The summed E-state index contributed by atoms with van der Waals surface area (Å²) in [5.74, 6) is 0.289.